The minimum absolute atomic E-state index is 0.235. The van der Waals surface area contributed by atoms with Gasteiger partial charge in [0.25, 0.3) is 0 Å². The van der Waals surface area contributed by atoms with Crippen molar-refractivity contribution in [1.29, 1.82) is 0 Å². The SMILES string of the molecule is CNC(=O)C1CCNCC1[C@H]1CC[C@@H](C)[C@H]1C. The predicted molar refractivity (Wildman–Crippen MR) is 69.6 cm³/mol. The van der Waals surface area contributed by atoms with Crippen LogP contribution >= 0.6 is 0 Å². The third kappa shape index (κ3) is 2.49. The first-order valence-electron chi connectivity index (χ1n) is 7.07. The number of piperidine rings is 1. The van der Waals surface area contributed by atoms with Gasteiger partial charge in [0.15, 0.2) is 0 Å². The van der Waals surface area contributed by atoms with Crippen molar-refractivity contribution in [3.8, 4) is 0 Å². The molecule has 2 rings (SSSR count). The Labute approximate surface area is 105 Å². The molecule has 1 heterocycles. The first-order valence-corrected chi connectivity index (χ1v) is 7.07. The van der Waals surface area contributed by atoms with Crippen LogP contribution in [-0.4, -0.2) is 26.0 Å². The van der Waals surface area contributed by atoms with E-state index in [0.717, 1.165) is 37.3 Å². The Morgan fingerprint density at radius 3 is 2.53 bits per heavy atom. The number of carbonyl (C=O) groups excluding carboxylic acids is 1. The third-order valence-corrected chi connectivity index (χ3v) is 5.19. The van der Waals surface area contributed by atoms with Crippen molar-refractivity contribution < 1.29 is 4.79 Å². The minimum Gasteiger partial charge on any atom is -0.359 e. The summed E-state index contributed by atoms with van der Waals surface area (Å²) in [5, 5.41) is 6.32. The molecule has 0 aromatic rings. The Balaban J connectivity index is 2.08. The van der Waals surface area contributed by atoms with Crippen molar-refractivity contribution in [2.24, 2.45) is 29.6 Å². The molecule has 0 aromatic heterocycles. The zero-order valence-electron chi connectivity index (χ0n) is 11.3. The average molecular weight is 238 g/mol. The summed E-state index contributed by atoms with van der Waals surface area (Å²) in [4.78, 5) is 12.0. The van der Waals surface area contributed by atoms with E-state index < -0.39 is 0 Å². The fourth-order valence-electron chi connectivity index (χ4n) is 3.85. The van der Waals surface area contributed by atoms with Gasteiger partial charge in [-0.3, -0.25) is 4.79 Å². The number of hydrogen-bond acceptors (Lipinski definition) is 2. The van der Waals surface area contributed by atoms with Gasteiger partial charge in [0.2, 0.25) is 5.91 Å². The molecule has 1 saturated carbocycles. The highest BCUT2D eigenvalue weighted by Gasteiger charge is 2.41. The van der Waals surface area contributed by atoms with Crippen LogP contribution in [0.25, 0.3) is 0 Å². The molecule has 1 aliphatic carbocycles. The van der Waals surface area contributed by atoms with Gasteiger partial charge in [-0.2, -0.15) is 0 Å². The summed E-state index contributed by atoms with van der Waals surface area (Å²) in [6.45, 7) is 6.75. The van der Waals surface area contributed by atoms with E-state index in [1.807, 2.05) is 0 Å². The molecule has 3 heteroatoms. The lowest BCUT2D eigenvalue weighted by molar-refractivity contribution is -0.128. The molecular weight excluding hydrogens is 212 g/mol. The van der Waals surface area contributed by atoms with Gasteiger partial charge in [-0.1, -0.05) is 20.3 Å². The van der Waals surface area contributed by atoms with Gasteiger partial charge in [-0.05, 0) is 49.6 Å². The molecule has 3 nitrogen and oxygen atoms in total. The number of rotatable bonds is 2. The summed E-state index contributed by atoms with van der Waals surface area (Å²) in [5.41, 5.74) is 0. The molecule has 0 aromatic carbocycles. The van der Waals surface area contributed by atoms with Gasteiger partial charge in [0, 0.05) is 13.0 Å². The van der Waals surface area contributed by atoms with Crippen LogP contribution in [0.1, 0.15) is 33.1 Å². The van der Waals surface area contributed by atoms with E-state index in [2.05, 4.69) is 24.5 Å². The van der Waals surface area contributed by atoms with Crippen LogP contribution in [0.2, 0.25) is 0 Å². The van der Waals surface area contributed by atoms with Gasteiger partial charge in [0.1, 0.15) is 0 Å². The first kappa shape index (κ1) is 12.9. The largest absolute Gasteiger partial charge is 0.359 e. The summed E-state index contributed by atoms with van der Waals surface area (Å²) in [5.74, 6) is 3.37. The summed E-state index contributed by atoms with van der Waals surface area (Å²) in [7, 11) is 1.77. The summed E-state index contributed by atoms with van der Waals surface area (Å²) < 4.78 is 0. The van der Waals surface area contributed by atoms with Crippen molar-refractivity contribution in [2.75, 3.05) is 20.1 Å². The Morgan fingerprint density at radius 1 is 1.18 bits per heavy atom. The molecule has 5 atom stereocenters. The van der Waals surface area contributed by atoms with Gasteiger partial charge < -0.3 is 10.6 Å². The second-order valence-corrected chi connectivity index (χ2v) is 5.96. The highest BCUT2D eigenvalue weighted by Crippen LogP contribution is 2.44. The maximum Gasteiger partial charge on any atom is 0.223 e. The molecule has 17 heavy (non-hydrogen) atoms. The molecule has 2 unspecified atom stereocenters. The maximum absolute atomic E-state index is 12.0. The topological polar surface area (TPSA) is 41.1 Å². The summed E-state index contributed by atoms with van der Waals surface area (Å²) in [6, 6.07) is 0. The fraction of sp³-hybridized carbons (Fsp3) is 0.929. The highest BCUT2D eigenvalue weighted by molar-refractivity contribution is 5.78. The van der Waals surface area contributed by atoms with Crippen LogP contribution < -0.4 is 10.6 Å². The lowest BCUT2D eigenvalue weighted by atomic mass is 9.72. The van der Waals surface area contributed by atoms with Crippen LogP contribution in [0.4, 0.5) is 0 Å². The third-order valence-electron chi connectivity index (χ3n) is 5.19. The van der Waals surface area contributed by atoms with E-state index in [4.69, 9.17) is 0 Å². The lowest BCUT2D eigenvalue weighted by Crippen LogP contribution is -2.47. The molecule has 1 amide bonds. The smallest absolute Gasteiger partial charge is 0.223 e. The van der Waals surface area contributed by atoms with Crippen molar-refractivity contribution in [2.45, 2.75) is 33.1 Å². The van der Waals surface area contributed by atoms with E-state index in [9.17, 15) is 4.79 Å². The Hall–Kier alpha value is -0.570. The minimum atomic E-state index is 0.235. The van der Waals surface area contributed by atoms with Crippen LogP contribution in [0, 0.1) is 29.6 Å². The number of carbonyl (C=O) groups is 1. The Kier molecular flexibility index (Phi) is 4.08. The molecule has 98 valence electrons. The average Bonchev–Trinajstić information content (AvgIpc) is 2.69. The molecular formula is C14H26N2O. The quantitative estimate of drug-likeness (QED) is 0.768. The molecule has 1 saturated heterocycles. The molecule has 2 aliphatic rings. The standard InChI is InChI=1S/C14H26N2O/c1-9-4-5-11(10(9)2)13-8-16-7-6-12(13)14(17)15-3/h9-13,16H,4-8H2,1-3H3,(H,15,17)/t9-,10-,11+,12?,13?/m1/s1. The number of nitrogens with one attached hydrogen (secondary N) is 2. The van der Waals surface area contributed by atoms with Crippen molar-refractivity contribution in [1.82, 2.24) is 10.6 Å². The van der Waals surface area contributed by atoms with Gasteiger partial charge in [0.05, 0.1) is 0 Å². The van der Waals surface area contributed by atoms with Crippen LogP contribution in [-0.2, 0) is 4.79 Å². The van der Waals surface area contributed by atoms with Gasteiger partial charge in [-0.15, -0.1) is 0 Å². The van der Waals surface area contributed by atoms with Crippen LogP contribution in [0.3, 0.4) is 0 Å². The van der Waals surface area contributed by atoms with Crippen molar-refractivity contribution in [3.63, 3.8) is 0 Å². The van der Waals surface area contributed by atoms with E-state index >= 15 is 0 Å². The second-order valence-electron chi connectivity index (χ2n) is 5.96. The van der Waals surface area contributed by atoms with Crippen molar-refractivity contribution in [3.05, 3.63) is 0 Å². The Bertz CT molecular complexity index is 279. The van der Waals surface area contributed by atoms with Crippen molar-refractivity contribution >= 4 is 5.91 Å². The van der Waals surface area contributed by atoms with E-state index in [1.54, 1.807) is 7.05 Å². The van der Waals surface area contributed by atoms with E-state index in [0.29, 0.717) is 5.92 Å². The number of hydrogen-bond donors (Lipinski definition) is 2. The Morgan fingerprint density at radius 2 is 1.94 bits per heavy atom. The van der Waals surface area contributed by atoms with E-state index in [-0.39, 0.29) is 11.8 Å². The first-order chi connectivity index (χ1) is 8.15. The second kappa shape index (κ2) is 5.38. The fourth-order valence-corrected chi connectivity index (χ4v) is 3.85. The monoisotopic (exact) mass is 238 g/mol. The molecule has 0 spiro atoms. The highest BCUT2D eigenvalue weighted by atomic mass is 16.1. The molecule has 2 fully saturated rings. The maximum atomic E-state index is 12.0. The molecule has 0 bridgehead atoms. The lowest BCUT2D eigenvalue weighted by Gasteiger charge is -2.37. The van der Waals surface area contributed by atoms with E-state index in [1.165, 1.54) is 12.8 Å². The zero-order valence-corrected chi connectivity index (χ0v) is 11.3. The predicted octanol–water partition coefficient (Wildman–Crippen LogP) is 1.64. The molecule has 0 radical (unpaired) electrons. The number of amides is 1. The normalized spacial score (nSPS) is 42.4. The summed E-state index contributed by atoms with van der Waals surface area (Å²) in [6.07, 6.45) is 3.65. The molecule has 1 aliphatic heterocycles. The van der Waals surface area contributed by atoms with Gasteiger partial charge in [-0.25, -0.2) is 0 Å². The summed E-state index contributed by atoms with van der Waals surface area (Å²) >= 11 is 0. The zero-order chi connectivity index (χ0) is 12.4. The molecule has 2 N–H and O–H groups in total. The van der Waals surface area contributed by atoms with Crippen LogP contribution in [0.5, 0.6) is 0 Å². The van der Waals surface area contributed by atoms with Gasteiger partial charge >= 0.3 is 0 Å². The van der Waals surface area contributed by atoms with Crippen LogP contribution in [0.15, 0.2) is 0 Å².